The Labute approximate surface area is 96.2 Å². The first kappa shape index (κ1) is 11.1. The van der Waals surface area contributed by atoms with Crippen molar-refractivity contribution in [3.05, 3.63) is 29.8 Å². The fourth-order valence-electron chi connectivity index (χ4n) is 2.10. The zero-order valence-electron chi connectivity index (χ0n) is 9.65. The Bertz CT molecular complexity index is 389. The van der Waals surface area contributed by atoms with E-state index in [4.69, 9.17) is 5.73 Å². The molecule has 1 aliphatic rings. The number of benzene rings is 1. The number of rotatable bonds is 2. The predicted molar refractivity (Wildman–Crippen MR) is 65.4 cm³/mol. The van der Waals surface area contributed by atoms with E-state index in [0.29, 0.717) is 0 Å². The van der Waals surface area contributed by atoms with E-state index in [0.717, 1.165) is 31.5 Å². The molecule has 0 aromatic heterocycles. The van der Waals surface area contributed by atoms with E-state index in [-0.39, 0.29) is 11.9 Å². The normalized spacial score (nSPS) is 21.2. The molecule has 1 unspecified atom stereocenters. The minimum absolute atomic E-state index is 0.0551. The lowest BCUT2D eigenvalue weighted by Crippen LogP contribution is -2.48. The van der Waals surface area contributed by atoms with Gasteiger partial charge in [-0.2, -0.15) is 0 Å². The summed E-state index contributed by atoms with van der Waals surface area (Å²) in [5.41, 5.74) is 8.03. The zero-order chi connectivity index (χ0) is 11.5. The molecular weight excluding hydrogens is 200 g/mol. The Hall–Kier alpha value is -1.35. The number of hydrogen-bond acceptors (Lipinski definition) is 2. The summed E-state index contributed by atoms with van der Waals surface area (Å²) in [5, 5.41) is 0. The fraction of sp³-hybridized carbons (Fsp3) is 0.462. The van der Waals surface area contributed by atoms with Gasteiger partial charge in [0.25, 0.3) is 0 Å². The van der Waals surface area contributed by atoms with E-state index < -0.39 is 0 Å². The number of piperidine rings is 1. The van der Waals surface area contributed by atoms with Crippen LogP contribution in [0.15, 0.2) is 24.3 Å². The summed E-state index contributed by atoms with van der Waals surface area (Å²) in [7, 11) is 0. The first-order valence-electron chi connectivity index (χ1n) is 5.88. The van der Waals surface area contributed by atoms with Gasteiger partial charge in [0.15, 0.2) is 0 Å². The highest BCUT2D eigenvalue weighted by Gasteiger charge is 2.26. The average Bonchev–Trinajstić information content (AvgIpc) is 2.33. The summed E-state index contributed by atoms with van der Waals surface area (Å²) < 4.78 is 0. The Balaban J connectivity index is 2.25. The lowest BCUT2D eigenvalue weighted by atomic mass is 10.0. The molecule has 86 valence electrons. The van der Waals surface area contributed by atoms with Crippen molar-refractivity contribution < 1.29 is 4.79 Å². The molecule has 1 heterocycles. The fourth-order valence-corrected chi connectivity index (χ4v) is 2.10. The lowest BCUT2D eigenvalue weighted by Gasteiger charge is -2.30. The van der Waals surface area contributed by atoms with Gasteiger partial charge in [-0.25, -0.2) is 0 Å². The molecule has 1 aliphatic heterocycles. The van der Waals surface area contributed by atoms with Gasteiger partial charge in [0.1, 0.15) is 0 Å². The first-order valence-corrected chi connectivity index (χ1v) is 5.88. The summed E-state index contributed by atoms with van der Waals surface area (Å²) in [4.78, 5) is 13.7. The van der Waals surface area contributed by atoms with E-state index in [1.807, 2.05) is 17.0 Å². The first-order chi connectivity index (χ1) is 7.72. The SMILES string of the molecule is CCc1cccc(N2CCCC(N)C2=O)c1. The van der Waals surface area contributed by atoms with Crippen LogP contribution in [0.5, 0.6) is 0 Å². The quantitative estimate of drug-likeness (QED) is 0.821. The van der Waals surface area contributed by atoms with Crippen LogP contribution in [0.25, 0.3) is 0 Å². The second kappa shape index (κ2) is 4.66. The van der Waals surface area contributed by atoms with Crippen LogP contribution in [-0.4, -0.2) is 18.5 Å². The molecule has 0 radical (unpaired) electrons. The highest BCUT2D eigenvalue weighted by atomic mass is 16.2. The van der Waals surface area contributed by atoms with Crippen molar-refractivity contribution in [2.75, 3.05) is 11.4 Å². The number of aryl methyl sites for hydroxylation is 1. The molecule has 2 rings (SSSR count). The molecule has 3 nitrogen and oxygen atoms in total. The van der Waals surface area contributed by atoms with Gasteiger partial charge in [0.2, 0.25) is 5.91 Å². The van der Waals surface area contributed by atoms with Crippen LogP contribution in [-0.2, 0) is 11.2 Å². The van der Waals surface area contributed by atoms with Gasteiger partial charge in [-0.3, -0.25) is 4.79 Å². The minimum atomic E-state index is -0.320. The highest BCUT2D eigenvalue weighted by Crippen LogP contribution is 2.21. The van der Waals surface area contributed by atoms with Crippen LogP contribution >= 0.6 is 0 Å². The molecule has 0 bridgehead atoms. The smallest absolute Gasteiger partial charge is 0.243 e. The largest absolute Gasteiger partial charge is 0.320 e. The molecule has 0 spiro atoms. The summed E-state index contributed by atoms with van der Waals surface area (Å²) >= 11 is 0. The molecule has 0 aliphatic carbocycles. The number of nitrogens with two attached hydrogens (primary N) is 1. The third kappa shape index (κ3) is 2.09. The highest BCUT2D eigenvalue weighted by molar-refractivity contribution is 5.97. The maximum absolute atomic E-state index is 11.9. The van der Waals surface area contributed by atoms with Crippen LogP contribution in [0.1, 0.15) is 25.3 Å². The zero-order valence-corrected chi connectivity index (χ0v) is 9.65. The number of nitrogens with zero attached hydrogens (tertiary/aromatic N) is 1. The topological polar surface area (TPSA) is 46.3 Å². The molecule has 1 atom stereocenters. The van der Waals surface area contributed by atoms with Gasteiger partial charge in [-0.05, 0) is 37.0 Å². The molecule has 1 saturated heterocycles. The molecule has 0 saturated carbocycles. The van der Waals surface area contributed by atoms with Crippen LogP contribution in [0.4, 0.5) is 5.69 Å². The maximum atomic E-state index is 11.9. The Morgan fingerprint density at radius 2 is 2.31 bits per heavy atom. The monoisotopic (exact) mass is 218 g/mol. The van der Waals surface area contributed by atoms with Gasteiger partial charge in [-0.15, -0.1) is 0 Å². The van der Waals surface area contributed by atoms with Crippen LogP contribution in [0.2, 0.25) is 0 Å². The van der Waals surface area contributed by atoms with Gasteiger partial charge in [-0.1, -0.05) is 19.1 Å². The second-order valence-corrected chi connectivity index (χ2v) is 4.26. The van der Waals surface area contributed by atoms with Crippen molar-refractivity contribution in [1.82, 2.24) is 0 Å². The van der Waals surface area contributed by atoms with E-state index in [1.54, 1.807) is 0 Å². The number of anilines is 1. The van der Waals surface area contributed by atoms with Crippen molar-refractivity contribution in [2.45, 2.75) is 32.2 Å². The van der Waals surface area contributed by atoms with Crippen LogP contribution in [0, 0.1) is 0 Å². The van der Waals surface area contributed by atoms with Crippen molar-refractivity contribution in [1.29, 1.82) is 0 Å². The maximum Gasteiger partial charge on any atom is 0.243 e. The van der Waals surface area contributed by atoms with E-state index >= 15 is 0 Å². The third-order valence-corrected chi connectivity index (χ3v) is 3.11. The van der Waals surface area contributed by atoms with Crippen molar-refractivity contribution in [2.24, 2.45) is 5.73 Å². The van der Waals surface area contributed by atoms with E-state index in [1.165, 1.54) is 5.56 Å². The summed E-state index contributed by atoms with van der Waals surface area (Å²) in [6, 6.07) is 7.82. The van der Waals surface area contributed by atoms with Crippen LogP contribution < -0.4 is 10.6 Å². The minimum Gasteiger partial charge on any atom is -0.320 e. The Morgan fingerprint density at radius 3 is 3.06 bits per heavy atom. The summed E-state index contributed by atoms with van der Waals surface area (Å²) in [6.45, 7) is 2.91. The molecule has 2 N–H and O–H groups in total. The molecule has 1 amide bonds. The molecule has 1 aromatic carbocycles. The third-order valence-electron chi connectivity index (χ3n) is 3.11. The van der Waals surface area contributed by atoms with Crippen LogP contribution in [0.3, 0.4) is 0 Å². The van der Waals surface area contributed by atoms with Crippen molar-refractivity contribution in [3.63, 3.8) is 0 Å². The van der Waals surface area contributed by atoms with Crippen molar-refractivity contribution in [3.8, 4) is 0 Å². The Kier molecular flexibility index (Phi) is 3.25. The molecule has 1 fully saturated rings. The number of hydrogen-bond donors (Lipinski definition) is 1. The standard InChI is InChI=1S/C13H18N2O/c1-2-10-5-3-6-11(9-10)15-8-4-7-12(14)13(15)16/h3,5-6,9,12H,2,4,7-8,14H2,1H3. The number of amides is 1. The van der Waals surface area contributed by atoms with E-state index in [9.17, 15) is 4.79 Å². The average molecular weight is 218 g/mol. The lowest BCUT2D eigenvalue weighted by molar-refractivity contribution is -0.120. The second-order valence-electron chi connectivity index (χ2n) is 4.26. The van der Waals surface area contributed by atoms with Gasteiger partial charge in [0, 0.05) is 12.2 Å². The summed E-state index contributed by atoms with van der Waals surface area (Å²) in [6.07, 6.45) is 2.79. The number of carbonyl (C=O) groups is 1. The molecular formula is C13H18N2O. The number of carbonyl (C=O) groups excluding carboxylic acids is 1. The molecule has 1 aromatic rings. The van der Waals surface area contributed by atoms with Gasteiger partial charge >= 0.3 is 0 Å². The van der Waals surface area contributed by atoms with Crippen molar-refractivity contribution >= 4 is 11.6 Å². The summed E-state index contributed by atoms with van der Waals surface area (Å²) in [5.74, 6) is 0.0551. The molecule has 16 heavy (non-hydrogen) atoms. The van der Waals surface area contributed by atoms with E-state index in [2.05, 4.69) is 19.1 Å². The molecule has 3 heteroatoms. The predicted octanol–water partition coefficient (Wildman–Crippen LogP) is 1.70. The van der Waals surface area contributed by atoms with Gasteiger partial charge in [0.05, 0.1) is 6.04 Å². The Morgan fingerprint density at radius 1 is 1.50 bits per heavy atom. The van der Waals surface area contributed by atoms with Gasteiger partial charge < -0.3 is 10.6 Å².